The van der Waals surface area contributed by atoms with E-state index in [1.54, 1.807) is 0 Å². The van der Waals surface area contributed by atoms with Gasteiger partial charge in [0.2, 0.25) is 0 Å². The van der Waals surface area contributed by atoms with Crippen LogP contribution < -0.4 is 5.32 Å². The van der Waals surface area contributed by atoms with Gasteiger partial charge in [-0.2, -0.15) is 0 Å². The number of nitrogens with one attached hydrogen (secondary N) is 2. The highest BCUT2D eigenvalue weighted by Gasteiger charge is 2.17. The second kappa shape index (κ2) is 7.56. The molecule has 0 radical (unpaired) electrons. The van der Waals surface area contributed by atoms with E-state index in [-0.39, 0.29) is 0 Å². The van der Waals surface area contributed by atoms with E-state index in [0.717, 1.165) is 31.6 Å². The second-order valence-electron chi connectivity index (χ2n) is 5.51. The number of rotatable bonds is 5. The van der Waals surface area contributed by atoms with E-state index in [9.17, 15) is 0 Å². The van der Waals surface area contributed by atoms with E-state index < -0.39 is 0 Å². The predicted molar refractivity (Wildman–Crippen MR) is 81.3 cm³/mol. The molecule has 0 spiro atoms. The molecule has 2 N–H and O–H groups in total. The zero-order chi connectivity index (χ0) is 13.5. The van der Waals surface area contributed by atoms with Crippen molar-refractivity contribution in [2.45, 2.75) is 39.0 Å². The van der Waals surface area contributed by atoms with Gasteiger partial charge in [0.15, 0.2) is 0 Å². The molecule has 0 atom stereocenters. The van der Waals surface area contributed by atoms with E-state index in [4.69, 9.17) is 5.41 Å². The van der Waals surface area contributed by atoms with Gasteiger partial charge in [0, 0.05) is 31.9 Å². The third-order valence-corrected chi connectivity index (χ3v) is 4.16. The Hall–Kier alpha value is -1.00. The van der Waals surface area contributed by atoms with Crippen molar-refractivity contribution in [1.82, 2.24) is 10.2 Å². The van der Waals surface area contributed by atoms with Gasteiger partial charge >= 0.3 is 0 Å². The first kappa shape index (κ1) is 14.4. The van der Waals surface area contributed by atoms with Crippen LogP contribution >= 0.6 is 0 Å². The summed E-state index contributed by atoms with van der Waals surface area (Å²) in [5.41, 5.74) is 4.09. The van der Waals surface area contributed by atoms with Crippen LogP contribution in [0.1, 0.15) is 39.0 Å². The summed E-state index contributed by atoms with van der Waals surface area (Å²) in [6.07, 6.45) is 7.03. The minimum Gasteiger partial charge on any atom is -0.314 e. The quantitative estimate of drug-likeness (QED) is 0.589. The average molecular weight is 262 g/mol. The second-order valence-corrected chi connectivity index (χ2v) is 5.51. The van der Waals surface area contributed by atoms with Gasteiger partial charge in [-0.15, -0.1) is 0 Å². The van der Waals surface area contributed by atoms with Gasteiger partial charge in [-0.1, -0.05) is 5.57 Å². The Morgan fingerprint density at radius 1 is 1.37 bits per heavy atom. The fourth-order valence-electron chi connectivity index (χ4n) is 3.06. The average Bonchev–Trinajstić information content (AvgIpc) is 2.89. The van der Waals surface area contributed by atoms with Crippen molar-refractivity contribution in [2.75, 3.05) is 32.7 Å². The Labute approximate surface area is 116 Å². The summed E-state index contributed by atoms with van der Waals surface area (Å²) >= 11 is 0. The molecule has 0 amide bonds. The fraction of sp³-hybridized carbons (Fsp3) is 0.733. The summed E-state index contributed by atoms with van der Waals surface area (Å²) < 4.78 is 0. The zero-order valence-corrected chi connectivity index (χ0v) is 12.0. The smallest absolute Gasteiger partial charge is 0.107 e. The molecule has 0 unspecified atom stereocenters. The van der Waals surface area contributed by atoms with Gasteiger partial charge < -0.3 is 10.2 Å². The highest BCUT2D eigenvalue weighted by Crippen LogP contribution is 2.26. The van der Waals surface area contributed by atoms with Crippen molar-refractivity contribution in [3.05, 3.63) is 11.1 Å². The molecule has 0 aromatic carbocycles. The standard InChI is InChI=1S/C15H26N4/c1-13(14-5-2-6-15(14)18-12-16)4-3-9-19-10-7-17-8-11-19/h12,16-17H,2-11H2,1H3/b14-13+,16-12?,18-15?. The number of piperazine rings is 1. The van der Waals surface area contributed by atoms with Crippen LogP contribution in [0.4, 0.5) is 0 Å². The predicted octanol–water partition coefficient (Wildman–Crippen LogP) is 2.22. The highest BCUT2D eigenvalue weighted by molar-refractivity contribution is 6.05. The summed E-state index contributed by atoms with van der Waals surface area (Å²) in [6, 6.07) is 0. The number of allylic oxidation sites excluding steroid dienone is 2. The van der Waals surface area contributed by atoms with E-state index in [1.165, 1.54) is 56.4 Å². The summed E-state index contributed by atoms with van der Waals surface area (Å²) in [5, 5.41) is 10.5. The van der Waals surface area contributed by atoms with Gasteiger partial charge in [-0.25, -0.2) is 4.99 Å². The van der Waals surface area contributed by atoms with Gasteiger partial charge in [-0.05, 0) is 51.1 Å². The molecule has 19 heavy (non-hydrogen) atoms. The van der Waals surface area contributed by atoms with Crippen molar-refractivity contribution >= 4 is 12.1 Å². The summed E-state index contributed by atoms with van der Waals surface area (Å²) in [6.45, 7) is 8.11. The Morgan fingerprint density at radius 3 is 2.89 bits per heavy atom. The van der Waals surface area contributed by atoms with Gasteiger partial charge in [0.1, 0.15) is 6.34 Å². The molecule has 0 aromatic heterocycles. The van der Waals surface area contributed by atoms with Crippen LogP contribution in [0.2, 0.25) is 0 Å². The number of nitrogens with zero attached hydrogens (tertiary/aromatic N) is 2. The third kappa shape index (κ3) is 4.25. The van der Waals surface area contributed by atoms with Gasteiger partial charge in [-0.3, -0.25) is 5.41 Å². The molecular formula is C15H26N4. The minimum absolute atomic E-state index is 1.06. The number of hydrogen-bond donors (Lipinski definition) is 2. The lowest BCUT2D eigenvalue weighted by molar-refractivity contribution is 0.238. The van der Waals surface area contributed by atoms with Crippen LogP contribution in [0, 0.1) is 5.41 Å². The Bertz CT molecular complexity index is 364. The molecule has 4 nitrogen and oxygen atoms in total. The molecule has 2 fully saturated rings. The first-order valence-electron chi connectivity index (χ1n) is 7.49. The maximum atomic E-state index is 7.12. The molecule has 1 saturated heterocycles. The number of hydrogen-bond acceptors (Lipinski definition) is 3. The highest BCUT2D eigenvalue weighted by atomic mass is 15.2. The first-order chi connectivity index (χ1) is 9.31. The van der Waals surface area contributed by atoms with Crippen LogP contribution in [0.3, 0.4) is 0 Å². The SMILES string of the molecule is C/C(CCCN1CCNCC1)=C1/CCCC1=NC=N. The fourth-order valence-corrected chi connectivity index (χ4v) is 3.06. The molecule has 2 aliphatic rings. The zero-order valence-electron chi connectivity index (χ0n) is 12.0. The van der Waals surface area contributed by atoms with E-state index in [0.29, 0.717) is 0 Å². The van der Waals surface area contributed by atoms with Crippen LogP contribution in [-0.4, -0.2) is 49.7 Å². The van der Waals surface area contributed by atoms with E-state index in [1.807, 2.05) is 0 Å². The normalized spacial score (nSPS) is 25.8. The molecule has 1 aliphatic heterocycles. The van der Waals surface area contributed by atoms with Crippen LogP contribution in [-0.2, 0) is 0 Å². The molecule has 1 saturated carbocycles. The molecule has 0 bridgehead atoms. The Morgan fingerprint density at radius 2 is 2.16 bits per heavy atom. The van der Waals surface area contributed by atoms with E-state index >= 15 is 0 Å². The lowest BCUT2D eigenvalue weighted by Gasteiger charge is -2.27. The van der Waals surface area contributed by atoms with Crippen molar-refractivity contribution in [2.24, 2.45) is 4.99 Å². The summed E-state index contributed by atoms with van der Waals surface area (Å²) in [4.78, 5) is 6.76. The monoisotopic (exact) mass is 262 g/mol. The Kier molecular flexibility index (Phi) is 5.73. The summed E-state index contributed by atoms with van der Waals surface area (Å²) in [5.74, 6) is 0. The third-order valence-electron chi connectivity index (χ3n) is 4.16. The molecule has 1 aliphatic carbocycles. The van der Waals surface area contributed by atoms with Crippen molar-refractivity contribution in [3.63, 3.8) is 0 Å². The minimum atomic E-state index is 1.06. The molecule has 1 heterocycles. The lowest BCUT2D eigenvalue weighted by Crippen LogP contribution is -2.43. The van der Waals surface area contributed by atoms with Gasteiger partial charge in [0.05, 0.1) is 0 Å². The molecule has 106 valence electrons. The van der Waals surface area contributed by atoms with Crippen molar-refractivity contribution in [1.29, 1.82) is 5.41 Å². The molecule has 2 rings (SSSR count). The maximum absolute atomic E-state index is 7.12. The first-order valence-corrected chi connectivity index (χ1v) is 7.49. The van der Waals surface area contributed by atoms with Crippen molar-refractivity contribution in [3.8, 4) is 0 Å². The maximum Gasteiger partial charge on any atom is 0.107 e. The molecule has 4 heteroatoms. The van der Waals surface area contributed by atoms with Crippen molar-refractivity contribution < 1.29 is 0 Å². The van der Waals surface area contributed by atoms with Gasteiger partial charge in [0.25, 0.3) is 0 Å². The summed E-state index contributed by atoms with van der Waals surface area (Å²) in [7, 11) is 0. The number of aliphatic imine (C=N–C) groups is 1. The molecule has 0 aromatic rings. The largest absolute Gasteiger partial charge is 0.314 e. The molecular weight excluding hydrogens is 236 g/mol. The van der Waals surface area contributed by atoms with Crippen LogP contribution in [0.15, 0.2) is 16.1 Å². The van der Waals surface area contributed by atoms with Crippen LogP contribution in [0.5, 0.6) is 0 Å². The van der Waals surface area contributed by atoms with Crippen LogP contribution in [0.25, 0.3) is 0 Å². The van der Waals surface area contributed by atoms with E-state index in [2.05, 4.69) is 22.1 Å². The Balaban J connectivity index is 1.81. The topological polar surface area (TPSA) is 51.5 Å². The lowest BCUT2D eigenvalue weighted by atomic mass is 10.0.